The molecule has 30 heavy (non-hydrogen) atoms. The van der Waals surface area contributed by atoms with Crippen LogP contribution in [0.2, 0.25) is 0 Å². The molecule has 0 amide bonds. The second kappa shape index (κ2) is 8.24. The molecule has 3 N–H and O–H groups in total. The molecule has 0 unspecified atom stereocenters. The molecule has 0 bridgehead atoms. The maximum Gasteiger partial charge on any atom is 0.335 e. The van der Waals surface area contributed by atoms with E-state index in [9.17, 15) is 10.1 Å². The fourth-order valence-corrected chi connectivity index (χ4v) is 2.95. The van der Waals surface area contributed by atoms with Crippen molar-refractivity contribution in [1.82, 2.24) is 15.0 Å². The fourth-order valence-electron chi connectivity index (χ4n) is 2.95. The lowest BCUT2D eigenvalue weighted by atomic mass is 10.1. The summed E-state index contributed by atoms with van der Waals surface area (Å²) in [4.78, 5) is 23.8. The van der Waals surface area contributed by atoms with Gasteiger partial charge < -0.3 is 15.7 Å². The molecule has 0 radical (unpaired) electrons. The minimum atomic E-state index is -0.996. The number of anilines is 3. The second-order valence-corrected chi connectivity index (χ2v) is 6.47. The zero-order chi connectivity index (χ0) is 20.9. The van der Waals surface area contributed by atoms with E-state index in [1.54, 1.807) is 30.7 Å². The lowest BCUT2D eigenvalue weighted by molar-refractivity contribution is 0.0697. The van der Waals surface area contributed by atoms with E-state index in [-0.39, 0.29) is 5.56 Å². The Labute approximate surface area is 171 Å². The lowest BCUT2D eigenvalue weighted by Gasteiger charge is -2.13. The maximum atomic E-state index is 11.1. The van der Waals surface area contributed by atoms with Crippen molar-refractivity contribution in [3.05, 3.63) is 83.9 Å². The highest BCUT2D eigenvalue weighted by Gasteiger charge is 2.11. The van der Waals surface area contributed by atoms with Crippen molar-refractivity contribution in [2.45, 2.75) is 6.54 Å². The third kappa shape index (κ3) is 4.00. The number of aromatic nitrogens is 3. The molecule has 3 heterocycles. The Kier molecular flexibility index (Phi) is 5.17. The van der Waals surface area contributed by atoms with Gasteiger partial charge >= 0.3 is 5.97 Å². The van der Waals surface area contributed by atoms with Crippen molar-refractivity contribution in [2.24, 2.45) is 0 Å². The van der Waals surface area contributed by atoms with E-state index < -0.39 is 5.97 Å². The normalized spacial score (nSPS) is 10.4. The molecule has 0 aliphatic heterocycles. The zero-order valence-corrected chi connectivity index (χ0v) is 15.7. The molecule has 4 rings (SSSR count). The Morgan fingerprint density at radius 3 is 2.63 bits per heavy atom. The molecule has 0 saturated heterocycles. The van der Waals surface area contributed by atoms with Gasteiger partial charge in [0, 0.05) is 36.2 Å². The first-order valence-corrected chi connectivity index (χ1v) is 9.06. The number of nitrogens with one attached hydrogen (secondary N) is 2. The van der Waals surface area contributed by atoms with Crippen LogP contribution in [-0.4, -0.2) is 26.0 Å². The highest BCUT2D eigenvalue weighted by molar-refractivity contribution is 5.97. The molecule has 1 aromatic carbocycles. The monoisotopic (exact) mass is 396 g/mol. The Bertz CT molecular complexity index is 1250. The van der Waals surface area contributed by atoms with E-state index in [1.807, 2.05) is 18.2 Å². The van der Waals surface area contributed by atoms with E-state index in [1.165, 1.54) is 18.3 Å². The quantitative estimate of drug-likeness (QED) is 0.447. The van der Waals surface area contributed by atoms with Crippen LogP contribution >= 0.6 is 0 Å². The van der Waals surface area contributed by atoms with Gasteiger partial charge in [0.1, 0.15) is 11.9 Å². The van der Waals surface area contributed by atoms with Gasteiger partial charge in [-0.2, -0.15) is 5.26 Å². The number of benzene rings is 1. The SMILES string of the molecule is N#Cc1cnc2cnc(NCc3cccnc3)cc2c1Nc1ccc(C(=O)O)cc1. The number of nitriles is 1. The molecule has 0 atom stereocenters. The summed E-state index contributed by atoms with van der Waals surface area (Å²) in [7, 11) is 0. The predicted octanol–water partition coefficient (Wildman–Crippen LogP) is 3.95. The first kappa shape index (κ1) is 18.8. The first-order chi connectivity index (χ1) is 14.6. The summed E-state index contributed by atoms with van der Waals surface area (Å²) in [5, 5.41) is 25.8. The van der Waals surface area contributed by atoms with Crippen molar-refractivity contribution < 1.29 is 9.90 Å². The molecule has 146 valence electrons. The number of hydrogen-bond acceptors (Lipinski definition) is 7. The standard InChI is InChI=1S/C22H16N6O2/c23-9-16-12-25-19-13-27-20(26-11-14-2-1-7-24-10-14)8-18(19)21(16)28-17-5-3-15(4-6-17)22(29)30/h1-8,10,12-13H,11H2,(H,25,28)(H,26,27)(H,29,30). The molecule has 8 heteroatoms. The van der Waals surface area contributed by atoms with Crippen molar-refractivity contribution >= 4 is 34.1 Å². The smallest absolute Gasteiger partial charge is 0.335 e. The Morgan fingerprint density at radius 2 is 1.93 bits per heavy atom. The molecule has 3 aromatic heterocycles. The number of carboxylic acid groups (broad SMARTS) is 1. The largest absolute Gasteiger partial charge is 0.478 e. The summed E-state index contributed by atoms with van der Waals surface area (Å²) in [6.07, 6.45) is 6.62. The molecule has 0 fully saturated rings. The molecule has 0 aliphatic rings. The van der Waals surface area contributed by atoms with Gasteiger partial charge in [-0.3, -0.25) is 9.97 Å². The van der Waals surface area contributed by atoms with Gasteiger partial charge in [-0.25, -0.2) is 9.78 Å². The van der Waals surface area contributed by atoms with Crippen LogP contribution in [-0.2, 0) is 6.54 Å². The van der Waals surface area contributed by atoms with E-state index in [4.69, 9.17) is 5.11 Å². The van der Waals surface area contributed by atoms with Crippen molar-refractivity contribution in [3.63, 3.8) is 0 Å². The topological polar surface area (TPSA) is 124 Å². The summed E-state index contributed by atoms with van der Waals surface area (Å²) in [5.41, 5.74) is 3.44. The van der Waals surface area contributed by atoms with Gasteiger partial charge in [-0.1, -0.05) is 6.07 Å². The van der Waals surface area contributed by atoms with E-state index >= 15 is 0 Å². The minimum Gasteiger partial charge on any atom is -0.478 e. The number of nitrogens with zero attached hydrogens (tertiary/aromatic N) is 4. The van der Waals surface area contributed by atoms with Gasteiger partial charge in [-0.15, -0.1) is 0 Å². The predicted molar refractivity (Wildman–Crippen MR) is 113 cm³/mol. The van der Waals surface area contributed by atoms with Crippen LogP contribution in [0.15, 0.2) is 67.3 Å². The second-order valence-electron chi connectivity index (χ2n) is 6.47. The highest BCUT2D eigenvalue weighted by Crippen LogP contribution is 2.30. The Morgan fingerprint density at radius 1 is 1.10 bits per heavy atom. The summed E-state index contributed by atoms with van der Waals surface area (Å²) in [6, 6.07) is 14.1. The third-order valence-corrected chi connectivity index (χ3v) is 4.47. The number of carbonyl (C=O) groups is 1. The van der Waals surface area contributed by atoms with E-state index in [2.05, 4.69) is 31.7 Å². The highest BCUT2D eigenvalue weighted by atomic mass is 16.4. The summed E-state index contributed by atoms with van der Waals surface area (Å²) in [5.74, 6) is -0.364. The van der Waals surface area contributed by atoms with Crippen LogP contribution in [0, 0.1) is 11.3 Å². The van der Waals surface area contributed by atoms with Crippen LogP contribution < -0.4 is 10.6 Å². The van der Waals surface area contributed by atoms with Gasteiger partial charge in [0.2, 0.25) is 0 Å². The zero-order valence-electron chi connectivity index (χ0n) is 15.7. The number of carboxylic acids is 1. The van der Waals surface area contributed by atoms with Gasteiger partial charge in [-0.05, 0) is 42.0 Å². The van der Waals surface area contributed by atoms with Crippen molar-refractivity contribution in [3.8, 4) is 6.07 Å². The average Bonchev–Trinajstić information content (AvgIpc) is 2.79. The van der Waals surface area contributed by atoms with Crippen LogP contribution in [0.1, 0.15) is 21.5 Å². The van der Waals surface area contributed by atoms with Gasteiger partial charge in [0.15, 0.2) is 0 Å². The molecule has 0 spiro atoms. The third-order valence-electron chi connectivity index (χ3n) is 4.47. The van der Waals surface area contributed by atoms with Gasteiger partial charge in [0.05, 0.1) is 28.5 Å². The number of rotatable bonds is 6. The molecule has 0 aliphatic carbocycles. The van der Waals surface area contributed by atoms with Crippen molar-refractivity contribution in [2.75, 3.05) is 10.6 Å². The molecule has 0 saturated carbocycles. The number of pyridine rings is 3. The maximum absolute atomic E-state index is 11.1. The van der Waals surface area contributed by atoms with Gasteiger partial charge in [0.25, 0.3) is 0 Å². The Hall–Kier alpha value is -4.51. The first-order valence-electron chi connectivity index (χ1n) is 9.06. The number of aromatic carboxylic acids is 1. The van der Waals surface area contributed by atoms with E-state index in [0.717, 1.165) is 10.9 Å². The minimum absolute atomic E-state index is 0.187. The van der Waals surface area contributed by atoms with Crippen LogP contribution in [0.3, 0.4) is 0 Å². The van der Waals surface area contributed by atoms with Crippen LogP contribution in [0.4, 0.5) is 17.2 Å². The summed E-state index contributed by atoms with van der Waals surface area (Å²) in [6.45, 7) is 0.553. The van der Waals surface area contributed by atoms with E-state index in [0.29, 0.717) is 34.8 Å². The number of fused-ring (bicyclic) bond motifs is 1. The fraction of sp³-hybridized carbons (Fsp3) is 0.0455. The average molecular weight is 396 g/mol. The van der Waals surface area contributed by atoms with Crippen LogP contribution in [0.25, 0.3) is 10.9 Å². The Balaban J connectivity index is 1.67. The van der Waals surface area contributed by atoms with Crippen LogP contribution in [0.5, 0.6) is 0 Å². The van der Waals surface area contributed by atoms with Crippen molar-refractivity contribution in [1.29, 1.82) is 5.26 Å². The number of hydrogen-bond donors (Lipinski definition) is 3. The summed E-state index contributed by atoms with van der Waals surface area (Å²) < 4.78 is 0. The summed E-state index contributed by atoms with van der Waals surface area (Å²) >= 11 is 0. The molecule has 8 nitrogen and oxygen atoms in total. The molecular formula is C22H16N6O2. The lowest BCUT2D eigenvalue weighted by Crippen LogP contribution is -2.03. The molecular weight excluding hydrogens is 380 g/mol. The molecule has 4 aromatic rings.